The fraction of sp³-hybridized carbons (Fsp3) is 0.241. The first kappa shape index (κ1) is 25.3. The zero-order chi connectivity index (χ0) is 25.9. The lowest BCUT2D eigenvalue weighted by molar-refractivity contribution is 0.112. The van der Waals surface area contributed by atoms with E-state index >= 15 is 0 Å². The number of aldehydes is 1. The van der Waals surface area contributed by atoms with Gasteiger partial charge >= 0.3 is 0 Å². The third-order valence-corrected chi connectivity index (χ3v) is 8.08. The number of carbonyl (C=O) groups is 1. The van der Waals surface area contributed by atoms with Crippen LogP contribution in [-0.2, 0) is 24.1 Å². The molecule has 0 spiro atoms. The maximum Gasteiger partial charge on any atom is 0.150 e. The first-order valence-electron chi connectivity index (χ1n) is 11.8. The van der Waals surface area contributed by atoms with E-state index in [1.807, 2.05) is 66.1 Å². The summed E-state index contributed by atoms with van der Waals surface area (Å²) in [4.78, 5) is 11.3. The zero-order valence-corrected chi connectivity index (χ0v) is 21.9. The van der Waals surface area contributed by atoms with E-state index in [0.29, 0.717) is 30.8 Å². The van der Waals surface area contributed by atoms with E-state index in [1.165, 1.54) is 0 Å². The molecule has 0 unspecified atom stereocenters. The van der Waals surface area contributed by atoms with E-state index in [4.69, 9.17) is 4.74 Å². The molecule has 1 aromatic heterocycles. The van der Waals surface area contributed by atoms with Crippen LogP contribution in [0.3, 0.4) is 0 Å². The molecule has 0 radical (unpaired) electrons. The third kappa shape index (κ3) is 5.22. The molecule has 1 N–H and O–H groups in total. The zero-order valence-electron chi connectivity index (χ0n) is 21.0. The number of methoxy groups -OCH3 is 1. The molecule has 1 heterocycles. The van der Waals surface area contributed by atoms with Crippen LogP contribution in [0, 0.1) is 18.3 Å². The van der Waals surface area contributed by atoms with E-state index < -0.39 is 7.14 Å². The van der Waals surface area contributed by atoms with Gasteiger partial charge in [-0.2, -0.15) is 5.26 Å². The van der Waals surface area contributed by atoms with Gasteiger partial charge in [0, 0.05) is 40.5 Å². The number of nitrogens with one attached hydrogen (secondary N) is 1. The highest BCUT2D eigenvalue weighted by atomic mass is 31.2. The first-order valence-corrected chi connectivity index (χ1v) is 14.4. The number of benzene rings is 3. The molecule has 4 rings (SSSR count). The summed E-state index contributed by atoms with van der Waals surface area (Å²) in [5.74, 6) is 0.810. The Hall–Kier alpha value is -3.81. The SMILES string of the molecule is COc1ccc(CNc2ccc(CCn3c(C#N)cc4c(C)c(C=O)ccc43)cc2P(C)(C)=O)cc1. The van der Waals surface area contributed by atoms with Crippen molar-refractivity contribution in [2.75, 3.05) is 25.8 Å². The minimum absolute atomic E-state index is 0.561. The summed E-state index contributed by atoms with van der Waals surface area (Å²) in [5.41, 5.74) is 6.03. The van der Waals surface area contributed by atoms with Crippen LogP contribution in [0.15, 0.2) is 60.7 Å². The van der Waals surface area contributed by atoms with Gasteiger partial charge in [0.15, 0.2) is 0 Å². The summed E-state index contributed by atoms with van der Waals surface area (Å²) in [6, 6.07) is 21.7. The number of hydrogen-bond acceptors (Lipinski definition) is 5. The molecule has 0 bridgehead atoms. The summed E-state index contributed by atoms with van der Waals surface area (Å²) in [6.07, 6.45) is 1.52. The van der Waals surface area contributed by atoms with Gasteiger partial charge < -0.3 is 19.2 Å². The fourth-order valence-corrected chi connectivity index (χ4v) is 5.67. The second kappa shape index (κ2) is 10.4. The number of ether oxygens (including phenoxy) is 1. The molecule has 0 aliphatic carbocycles. The number of aromatic nitrogens is 1. The van der Waals surface area contributed by atoms with Crippen molar-refractivity contribution in [3.63, 3.8) is 0 Å². The Kier molecular flexibility index (Phi) is 7.33. The van der Waals surface area contributed by atoms with Crippen molar-refractivity contribution < 1.29 is 14.1 Å². The van der Waals surface area contributed by atoms with Crippen LogP contribution in [0.2, 0.25) is 0 Å². The number of nitrogens with zero attached hydrogens (tertiary/aromatic N) is 2. The van der Waals surface area contributed by atoms with Crippen molar-refractivity contribution in [1.29, 1.82) is 5.26 Å². The normalized spacial score (nSPS) is 11.3. The second-order valence-corrected chi connectivity index (χ2v) is 12.5. The average molecular weight is 500 g/mol. The Bertz CT molecular complexity index is 1510. The highest BCUT2D eigenvalue weighted by Gasteiger charge is 2.18. The molecular formula is C29H30N3O3P. The van der Waals surface area contributed by atoms with Crippen molar-refractivity contribution in [3.8, 4) is 11.8 Å². The number of nitriles is 1. The van der Waals surface area contributed by atoms with Gasteiger partial charge in [0.1, 0.15) is 30.9 Å². The van der Waals surface area contributed by atoms with E-state index in [0.717, 1.165) is 50.6 Å². The van der Waals surface area contributed by atoms with Crippen LogP contribution < -0.4 is 15.4 Å². The van der Waals surface area contributed by atoms with Crippen molar-refractivity contribution in [2.24, 2.45) is 0 Å². The molecule has 36 heavy (non-hydrogen) atoms. The topological polar surface area (TPSA) is 84.1 Å². The van der Waals surface area contributed by atoms with Crippen molar-refractivity contribution >= 4 is 35.3 Å². The van der Waals surface area contributed by atoms with Gasteiger partial charge in [0.25, 0.3) is 0 Å². The van der Waals surface area contributed by atoms with Crippen LogP contribution in [0.25, 0.3) is 10.9 Å². The van der Waals surface area contributed by atoms with Crippen molar-refractivity contribution in [1.82, 2.24) is 4.57 Å². The fourth-order valence-electron chi connectivity index (χ4n) is 4.46. The maximum absolute atomic E-state index is 13.2. The molecule has 0 aliphatic heterocycles. The Morgan fingerprint density at radius 1 is 1.06 bits per heavy atom. The number of rotatable bonds is 9. The molecule has 0 saturated carbocycles. The Balaban J connectivity index is 1.58. The Morgan fingerprint density at radius 2 is 1.78 bits per heavy atom. The number of fused-ring (bicyclic) bond motifs is 1. The van der Waals surface area contributed by atoms with Gasteiger partial charge in [0.05, 0.1) is 7.11 Å². The van der Waals surface area contributed by atoms with Gasteiger partial charge in [-0.05, 0) is 85.8 Å². The van der Waals surface area contributed by atoms with Gasteiger partial charge in [-0.1, -0.05) is 18.2 Å². The van der Waals surface area contributed by atoms with Gasteiger partial charge in [-0.25, -0.2) is 0 Å². The summed E-state index contributed by atoms with van der Waals surface area (Å²) in [7, 11) is -0.901. The summed E-state index contributed by atoms with van der Waals surface area (Å²) in [6.45, 7) is 6.68. The van der Waals surface area contributed by atoms with E-state index in [1.54, 1.807) is 26.5 Å². The van der Waals surface area contributed by atoms with E-state index in [9.17, 15) is 14.6 Å². The largest absolute Gasteiger partial charge is 0.497 e. The molecule has 0 atom stereocenters. The molecular weight excluding hydrogens is 469 g/mol. The number of hydrogen-bond donors (Lipinski definition) is 1. The number of carbonyl (C=O) groups excluding carboxylic acids is 1. The van der Waals surface area contributed by atoms with Crippen LogP contribution in [0.1, 0.15) is 32.7 Å². The van der Waals surface area contributed by atoms with Gasteiger partial charge in [-0.15, -0.1) is 0 Å². The molecule has 4 aromatic rings. The minimum Gasteiger partial charge on any atom is -0.497 e. The molecule has 3 aromatic carbocycles. The molecule has 0 saturated heterocycles. The maximum atomic E-state index is 13.2. The molecule has 0 fully saturated rings. The van der Waals surface area contributed by atoms with Crippen LogP contribution in [-0.4, -0.2) is 31.3 Å². The van der Waals surface area contributed by atoms with E-state index in [2.05, 4.69) is 11.4 Å². The molecule has 0 aliphatic rings. The lowest BCUT2D eigenvalue weighted by Crippen LogP contribution is -2.14. The monoisotopic (exact) mass is 499 g/mol. The Labute approximate surface area is 211 Å². The average Bonchev–Trinajstić information content (AvgIpc) is 3.25. The van der Waals surface area contributed by atoms with E-state index in [-0.39, 0.29) is 0 Å². The van der Waals surface area contributed by atoms with Crippen molar-refractivity contribution in [3.05, 3.63) is 88.6 Å². The predicted octanol–water partition coefficient (Wildman–Crippen LogP) is 5.75. The molecule has 6 nitrogen and oxygen atoms in total. The first-order chi connectivity index (χ1) is 17.2. The minimum atomic E-state index is -2.55. The van der Waals surface area contributed by atoms with Gasteiger partial charge in [0.2, 0.25) is 0 Å². The lowest BCUT2D eigenvalue weighted by Gasteiger charge is -2.17. The number of anilines is 1. The highest BCUT2D eigenvalue weighted by Crippen LogP contribution is 2.38. The smallest absolute Gasteiger partial charge is 0.150 e. The predicted molar refractivity (Wildman–Crippen MR) is 146 cm³/mol. The molecule has 184 valence electrons. The van der Waals surface area contributed by atoms with Crippen LogP contribution in [0.4, 0.5) is 5.69 Å². The Morgan fingerprint density at radius 3 is 2.42 bits per heavy atom. The van der Waals surface area contributed by atoms with Crippen LogP contribution in [0.5, 0.6) is 5.75 Å². The summed E-state index contributed by atoms with van der Waals surface area (Å²) in [5, 5.41) is 14.9. The number of aryl methyl sites for hydroxylation is 3. The third-order valence-electron chi connectivity index (χ3n) is 6.55. The quantitative estimate of drug-likeness (QED) is 0.234. The standard InChI is InChI=1S/C29H30N3O3P/c1-20-23(19-33)8-12-28-26(20)16-24(17-30)32(28)14-13-21-7-11-27(29(15-21)36(3,4)34)31-18-22-5-9-25(35-2)10-6-22/h5-12,15-16,19,31H,13-14,18H2,1-4H3. The van der Waals surface area contributed by atoms with Crippen LogP contribution >= 0.6 is 7.14 Å². The summed E-state index contributed by atoms with van der Waals surface area (Å²) >= 11 is 0. The summed E-state index contributed by atoms with van der Waals surface area (Å²) < 4.78 is 20.4. The second-order valence-electron chi connectivity index (χ2n) is 9.28. The highest BCUT2D eigenvalue weighted by molar-refractivity contribution is 7.70. The molecule has 0 amide bonds. The van der Waals surface area contributed by atoms with Crippen molar-refractivity contribution in [2.45, 2.75) is 26.4 Å². The molecule has 7 heteroatoms. The van der Waals surface area contributed by atoms with Gasteiger partial charge in [-0.3, -0.25) is 4.79 Å². The lowest BCUT2D eigenvalue weighted by atomic mass is 10.1.